The van der Waals surface area contributed by atoms with E-state index in [2.05, 4.69) is 44.0 Å². The quantitative estimate of drug-likeness (QED) is 0.329. The Bertz CT molecular complexity index is 982. The summed E-state index contributed by atoms with van der Waals surface area (Å²) in [6.07, 6.45) is 18.7. The van der Waals surface area contributed by atoms with Crippen LogP contribution in [0.3, 0.4) is 0 Å². The van der Waals surface area contributed by atoms with Crippen LogP contribution in [-0.2, 0) is 26.1 Å². The van der Waals surface area contributed by atoms with E-state index in [1.807, 2.05) is 17.8 Å². The van der Waals surface area contributed by atoms with Crippen LogP contribution in [0.15, 0.2) is 54.1 Å². The number of nitrogens with zero attached hydrogens (tertiary/aromatic N) is 2. The van der Waals surface area contributed by atoms with Crippen molar-refractivity contribution in [1.29, 1.82) is 0 Å². The van der Waals surface area contributed by atoms with Crippen molar-refractivity contribution in [2.24, 2.45) is 30.7 Å². The van der Waals surface area contributed by atoms with Crippen molar-refractivity contribution < 1.29 is 19.1 Å². The van der Waals surface area contributed by atoms with Gasteiger partial charge in [0.15, 0.2) is 0 Å². The number of imidazole rings is 1. The molecule has 0 aromatic carbocycles. The number of esters is 2. The fraction of sp³-hybridized carbons (Fsp3) is 0.536. The third-order valence-corrected chi connectivity index (χ3v) is 7.10. The second-order valence-electron chi connectivity index (χ2n) is 9.90. The minimum atomic E-state index is -0.346. The molecule has 34 heavy (non-hydrogen) atoms. The van der Waals surface area contributed by atoms with Crippen molar-refractivity contribution in [1.82, 2.24) is 9.55 Å². The summed E-state index contributed by atoms with van der Waals surface area (Å²) in [6, 6.07) is 0. The highest BCUT2D eigenvalue weighted by atomic mass is 16.5. The third kappa shape index (κ3) is 7.05. The summed E-state index contributed by atoms with van der Waals surface area (Å²) in [7, 11) is 3.31. The van der Waals surface area contributed by atoms with Crippen molar-refractivity contribution in [2.45, 2.75) is 59.0 Å². The summed E-state index contributed by atoms with van der Waals surface area (Å²) in [4.78, 5) is 28.8. The maximum Gasteiger partial charge on any atom is 0.331 e. The molecule has 1 aromatic rings. The predicted octanol–water partition coefficient (Wildman–Crippen LogP) is 5.43. The number of fused-ring (bicyclic) bond motifs is 1. The van der Waals surface area contributed by atoms with Crippen molar-refractivity contribution in [3.05, 3.63) is 59.7 Å². The van der Waals surface area contributed by atoms with E-state index >= 15 is 0 Å². The van der Waals surface area contributed by atoms with Gasteiger partial charge in [-0.2, -0.15) is 0 Å². The van der Waals surface area contributed by atoms with Gasteiger partial charge in [0.1, 0.15) is 6.10 Å². The molecule has 0 saturated heterocycles. The monoisotopic (exact) mass is 466 g/mol. The molecule has 6 heteroatoms. The molecule has 0 spiro atoms. The average Bonchev–Trinajstić information content (AvgIpc) is 3.21. The van der Waals surface area contributed by atoms with Gasteiger partial charge in [0.25, 0.3) is 0 Å². The first kappa shape index (κ1) is 25.7. The Morgan fingerprint density at radius 3 is 2.68 bits per heavy atom. The molecule has 1 aromatic heterocycles. The topological polar surface area (TPSA) is 70.4 Å². The van der Waals surface area contributed by atoms with Crippen LogP contribution in [-0.4, -0.2) is 34.7 Å². The molecular formula is C28H38N2O4. The lowest BCUT2D eigenvalue weighted by Crippen LogP contribution is -2.35. The highest BCUT2D eigenvalue weighted by molar-refractivity contribution is 5.86. The molecule has 4 atom stereocenters. The number of hydrogen-bond acceptors (Lipinski definition) is 5. The van der Waals surface area contributed by atoms with E-state index in [0.717, 1.165) is 30.5 Å². The van der Waals surface area contributed by atoms with Gasteiger partial charge in [0, 0.05) is 31.8 Å². The number of rotatable bonds is 5. The van der Waals surface area contributed by atoms with Crippen molar-refractivity contribution in [3.63, 3.8) is 0 Å². The van der Waals surface area contributed by atoms with Crippen LogP contribution in [0.2, 0.25) is 0 Å². The SMILES string of the molecule is COC(=O)/C=C1\C/C=C\C[C@@H](OC(=O)/C=C/c2cn(C)cn2)C[C@H]2C(C)=CC[C@H](C(C)C)[C@H]2C1. The number of hydrogen-bond donors (Lipinski definition) is 0. The Morgan fingerprint density at radius 2 is 2.00 bits per heavy atom. The molecule has 0 amide bonds. The van der Waals surface area contributed by atoms with Crippen LogP contribution in [0.25, 0.3) is 6.08 Å². The van der Waals surface area contributed by atoms with Gasteiger partial charge in [0.05, 0.1) is 19.1 Å². The predicted molar refractivity (Wildman–Crippen MR) is 134 cm³/mol. The number of aryl methyl sites for hydroxylation is 1. The lowest BCUT2D eigenvalue weighted by Gasteiger charge is -2.42. The lowest BCUT2D eigenvalue weighted by molar-refractivity contribution is -0.143. The number of methoxy groups -OCH3 is 1. The lowest BCUT2D eigenvalue weighted by atomic mass is 9.64. The van der Waals surface area contributed by atoms with Gasteiger partial charge in [-0.3, -0.25) is 0 Å². The van der Waals surface area contributed by atoms with Crippen LogP contribution in [0.5, 0.6) is 0 Å². The molecule has 2 aliphatic rings. The number of carbonyl (C=O) groups excluding carboxylic acids is 2. The number of carbonyl (C=O) groups is 2. The van der Waals surface area contributed by atoms with Gasteiger partial charge >= 0.3 is 11.9 Å². The zero-order valence-corrected chi connectivity index (χ0v) is 21.1. The molecule has 1 heterocycles. The zero-order chi connectivity index (χ0) is 24.7. The zero-order valence-electron chi connectivity index (χ0n) is 21.1. The summed E-state index contributed by atoms with van der Waals surface area (Å²) in [5, 5.41) is 0. The standard InChI is InChI=1S/C28H38N2O4/c1-19(2)24-12-10-20(3)25-16-23(34-27(31)13-11-22-17-30(4)18-29-22)9-7-6-8-21(14-26(24)25)15-28(32)33-5/h6-7,10-11,13,15,17-19,23-26H,8-9,12,14,16H2,1-5H3/b7-6-,13-11+,21-15+/t23-,24-,25+,26-/m1/s1. The summed E-state index contributed by atoms with van der Waals surface area (Å²) in [6.45, 7) is 6.75. The first-order valence-corrected chi connectivity index (χ1v) is 12.2. The van der Waals surface area contributed by atoms with Gasteiger partial charge < -0.3 is 14.0 Å². The van der Waals surface area contributed by atoms with E-state index < -0.39 is 0 Å². The van der Waals surface area contributed by atoms with Gasteiger partial charge in [-0.25, -0.2) is 14.6 Å². The molecule has 0 radical (unpaired) electrons. The molecule has 0 aliphatic heterocycles. The molecule has 2 aliphatic carbocycles. The van der Waals surface area contributed by atoms with Gasteiger partial charge in [-0.05, 0) is 62.4 Å². The second kappa shape index (κ2) is 12.0. The van der Waals surface area contributed by atoms with E-state index in [-0.39, 0.29) is 18.0 Å². The average molecular weight is 467 g/mol. The Kier molecular flexibility index (Phi) is 9.08. The number of aromatic nitrogens is 2. The maximum absolute atomic E-state index is 12.6. The van der Waals surface area contributed by atoms with Gasteiger partial charge in [-0.15, -0.1) is 0 Å². The molecule has 0 bridgehead atoms. The number of allylic oxidation sites excluding steroid dienone is 4. The maximum atomic E-state index is 12.6. The van der Waals surface area contributed by atoms with Crippen LogP contribution < -0.4 is 0 Å². The summed E-state index contributed by atoms with van der Waals surface area (Å²) in [5.74, 6) is 1.08. The highest BCUT2D eigenvalue weighted by Gasteiger charge is 2.37. The van der Waals surface area contributed by atoms with Gasteiger partial charge in [-0.1, -0.05) is 43.2 Å². The van der Waals surface area contributed by atoms with Crippen LogP contribution >= 0.6 is 0 Å². The minimum absolute atomic E-state index is 0.204. The van der Waals surface area contributed by atoms with E-state index in [9.17, 15) is 9.59 Å². The Morgan fingerprint density at radius 1 is 1.21 bits per heavy atom. The van der Waals surface area contributed by atoms with Crippen LogP contribution in [0.4, 0.5) is 0 Å². The first-order valence-electron chi connectivity index (χ1n) is 12.2. The fourth-order valence-electron chi connectivity index (χ4n) is 5.27. The summed E-state index contributed by atoms with van der Waals surface area (Å²) >= 11 is 0. The molecule has 6 nitrogen and oxygen atoms in total. The molecule has 0 saturated carbocycles. The molecule has 3 rings (SSSR count). The molecule has 0 unspecified atom stereocenters. The third-order valence-electron chi connectivity index (χ3n) is 7.10. The summed E-state index contributed by atoms with van der Waals surface area (Å²) in [5.41, 5.74) is 3.18. The van der Waals surface area contributed by atoms with Gasteiger partial charge in [0.2, 0.25) is 0 Å². The Labute approximate surface area is 203 Å². The second-order valence-corrected chi connectivity index (χ2v) is 9.90. The normalized spacial score (nSPS) is 27.8. The molecule has 0 N–H and O–H groups in total. The Balaban J connectivity index is 1.83. The van der Waals surface area contributed by atoms with E-state index in [0.29, 0.717) is 36.5 Å². The molecular weight excluding hydrogens is 428 g/mol. The highest BCUT2D eigenvalue weighted by Crippen LogP contribution is 2.45. The van der Waals surface area contributed by atoms with Crippen molar-refractivity contribution in [2.75, 3.05) is 7.11 Å². The number of ether oxygens (including phenoxy) is 2. The molecule has 184 valence electrons. The Hall–Kier alpha value is -2.89. The fourth-order valence-corrected chi connectivity index (χ4v) is 5.27. The molecule has 0 fully saturated rings. The van der Waals surface area contributed by atoms with Crippen LogP contribution in [0, 0.1) is 23.7 Å². The summed E-state index contributed by atoms with van der Waals surface area (Å²) < 4.78 is 12.7. The van der Waals surface area contributed by atoms with Crippen molar-refractivity contribution in [3.8, 4) is 0 Å². The smallest absolute Gasteiger partial charge is 0.331 e. The first-order chi connectivity index (χ1) is 16.3. The van der Waals surface area contributed by atoms with Crippen molar-refractivity contribution >= 4 is 18.0 Å². The van der Waals surface area contributed by atoms with Crippen LogP contribution in [0.1, 0.15) is 58.6 Å². The van der Waals surface area contributed by atoms with E-state index in [1.165, 1.54) is 18.8 Å². The van der Waals surface area contributed by atoms with E-state index in [1.54, 1.807) is 18.5 Å². The minimum Gasteiger partial charge on any atom is -0.466 e. The largest absolute Gasteiger partial charge is 0.466 e. The van der Waals surface area contributed by atoms with E-state index in [4.69, 9.17) is 9.47 Å².